The van der Waals surface area contributed by atoms with Crippen LogP contribution in [0.3, 0.4) is 0 Å². The van der Waals surface area contributed by atoms with Crippen molar-refractivity contribution in [3.63, 3.8) is 0 Å². The Morgan fingerprint density at radius 2 is 2.14 bits per heavy atom. The first-order valence-electron chi connectivity index (χ1n) is 7.38. The van der Waals surface area contributed by atoms with Gasteiger partial charge in [0, 0.05) is 18.6 Å². The van der Waals surface area contributed by atoms with E-state index < -0.39 is 0 Å². The van der Waals surface area contributed by atoms with Gasteiger partial charge in [0.05, 0.1) is 16.8 Å². The molecular weight excluding hydrogens is 286 g/mol. The molecule has 112 valence electrons. The van der Waals surface area contributed by atoms with Crippen LogP contribution in [-0.4, -0.2) is 33.6 Å². The molecule has 1 aliphatic rings. The van der Waals surface area contributed by atoms with Gasteiger partial charge in [0.15, 0.2) is 0 Å². The number of aromatic nitrogens is 2. The van der Waals surface area contributed by atoms with Crippen LogP contribution in [0.2, 0.25) is 0 Å². The summed E-state index contributed by atoms with van der Waals surface area (Å²) < 4.78 is 1.74. The van der Waals surface area contributed by atoms with Crippen molar-refractivity contribution in [1.82, 2.24) is 14.5 Å². The van der Waals surface area contributed by atoms with E-state index >= 15 is 0 Å². The third kappa shape index (κ3) is 2.83. The first-order chi connectivity index (χ1) is 10.1. The van der Waals surface area contributed by atoms with E-state index in [-0.39, 0.29) is 11.4 Å². The van der Waals surface area contributed by atoms with Crippen LogP contribution < -0.4 is 5.56 Å². The summed E-state index contributed by atoms with van der Waals surface area (Å²) in [6.45, 7) is 2.78. The summed E-state index contributed by atoms with van der Waals surface area (Å²) in [5.74, 6) is 0.899. The van der Waals surface area contributed by atoms with Crippen molar-refractivity contribution < 1.29 is 0 Å². The van der Waals surface area contributed by atoms with Crippen LogP contribution in [0.15, 0.2) is 29.1 Å². The molecule has 0 aliphatic heterocycles. The predicted octanol–water partition coefficient (Wildman–Crippen LogP) is 2.62. The van der Waals surface area contributed by atoms with E-state index in [1.54, 1.807) is 4.57 Å². The molecular formula is C16H20ClN3O. The molecule has 1 atom stereocenters. The molecule has 5 heteroatoms. The maximum Gasteiger partial charge on any atom is 0.261 e. The Bertz CT molecular complexity index is 708. The van der Waals surface area contributed by atoms with Crippen molar-refractivity contribution in [3.8, 4) is 0 Å². The molecule has 1 aliphatic carbocycles. The summed E-state index contributed by atoms with van der Waals surface area (Å²) in [6, 6.07) is 8.41. The third-order valence-electron chi connectivity index (χ3n) is 4.33. The molecule has 0 N–H and O–H groups in total. The molecule has 0 saturated heterocycles. The number of likely N-dealkylation sites (N-methyl/N-ethyl adjacent to an activating group) is 1. The van der Waals surface area contributed by atoms with Crippen LogP contribution in [0.1, 0.15) is 25.6 Å². The summed E-state index contributed by atoms with van der Waals surface area (Å²) in [4.78, 5) is 19.6. The van der Waals surface area contributed by atoms with E-state index in [1.165, 1.54) is 12.8 Å². The standard InChI is InChI=1S/C16H20ClN3O/c1-11(19(2)12-7-8-12)10-20-15(9-17)18-14-6-4-3-5-13(14)16(20)21/h3-6,11-12H,7-10H2,1-2H3. The van der Waals surface area contributed by atoms with E-state index in [4.69, 9.17) is 11.6 Å². The maximum atomic E-state index is 12.7. The number of hydrogen-bond acceptors (Lipinski definition) is 3. The smallest absolute Gasteiger partial charge is 0.261 e. The number of benzene rings is 1. The Labute approximate surface area is 129 Å². The van der Waals surface area contributed by atoms with Crippen molar-refractivity contribution in [2.45, 2.75) is 44.3 Å². The van der Waals surface area contributed by atoms with Gasteiger partial charge in [-0.05, 0) is 38.9 Å². The number of fused-ring (bicyclic) bond motifs is 1. The molecule has 3 rings (SSSR count). The Hall–Kier alpha value is -1.39. The topological polar surface area (TPSA) is 38.1 Å². The number of para-hydroxylation sites is 1. The highest BCUT2D eigenvalue weighted by atomic mass is 35.5. The molecule has 1 unspecified atom stereocenters. The lowest BCUT2D eigenvalue weighted by Gasteiger charge is -2.26. The average Bonchev–Trinajstić information content (AvgIpc) is 3.33. The third-order valence-corrected chi connectivity index (χ3v) is 4.56. The van der Waals surface area contributed by atoms with Crippen LogP contribution in [-0.2, 0) is 12.4 Å². The van der Waals surface area contributed by atoms with Crippen LogP contribution in [0.5, 0.6) is 0 Å². The number of rotatable bonds is 5. The van der Waals surface area contributed by atoms with Crippen LogP contribution in [0.25, 0.3) is 10.9 Å². The Morgan fingerprint density at radius 3 is 2.81 bits per heavy atom. The first-order valence-corrected chi connectivity index (χ1v) is 7.91. The zero-order valence-corrected chi connectivity index (χ0v) is 13.2. The van der Waals surface area contributed by atoms with Crippen LogP contribution in [0.4, 0.5) is 0 Å². The molecule has 0 spiro atoms. The molecule has 0 radical (unpaired) electrons. The molecule has 21 heavy (non-hydrogen) atoms. The molecule has 1 heterocycles. The SMILES string of the molecule is CC(Cn1c(CCl)nc2ccccc2c1=O)N(C)C1CC1. The van der Waals surface area contributed by atoms with Crippen molar-refractivity contribution in [3.05, 3.63) is 40.4 Å². The van der Waals surface area contributed by atoms with Crippen molar-refractivity contribution >= 4 is 22.5 Å². The highest BCUT2D eigenvalue weighted by Crippen LogP contribution is 2.27. The van der Waals surface area contributed by atoms with Crippen molar-refractivity contribution in [2.75, 3.05) is 7.05 Å². The van der Waals surface area contributed by atoms with Gasteiger partial charge in [-0.15, -0.1) is 11.6 Å². The maximum absolute atomic E-state index is 12.7. The second-order valence-electron chi connectivity index (χ2n) is 5.84. The van der Waals surface area contributed by atoms with E-state index in [0.717, 1.165) is 5.52 Å². The van der Waals surface area contributed by atoms with Crippen LogP contribution >= 0.6 is 11.6 Å². The van der Waals surface area contributed by atoms with Gasteiger partial charge in [-0.2, -0.15) is 0 Å². The fourth-order valence-electron chi connectivity index (χ4n) is 2.74. The lowest BCUT2D eigenvalue weighted by atomic mass is 10.2. The molecule has 0 amide bonds. The lowest BCUT2D eigenvalue weighted by molar-refractivity contribution is 0.222. The van der Waals surface area contributed by atoms with Gasteiger partial charge in [0.1, 0.15) is 5.82 Å². The molecule has 1 fully saturated rings. The number of alkyl halides is 1. The second kappa shape index (κ2) is 5.78. The molecule has 0 bridgehead atoms. The summed E-state index contributed by atoms with van der Waals surface area (Å²) in [5.41, 5.74) is 0.727. The van der Waals surface area contributed by atoms with Crippen molar-refractivity contribution in [1.29, 1.82) is 0 Å². The molecule has 1 aromatic carbocycles. The van der Waals surface area contributed by atoms with Crippen molar-refractivity contribution in [2.24, 2.45) is 0 Å². The zero-order valence-electron chi connectivity index (χ0n) is 12.4. The highest BCUT2D eigenvalue weighted by molar-refractivity contribution is 6.16. The lowest BCUT2D eigenvalue weighted by Crippen LogP contribution is -2.38. The van der Waals surface area contributed by atoms with E-state index in [0.29, 0.717) is 29.8 Å². The predicted molar refractivity (Wildman–Crippen MR) is 85.8 cm³/mol. The summed E-state index contributed by atoms with van der Waals surface area (Å²) >= 11 is 6.01. The molecule has 1 aromatic heterocycles. The highest BCUT2D eigenvalue weighted by Gasteiger charge is 2.29. The molecule has 4 nitrogen and oxygen atoms in total. The fourth-order valence-corrected chi connectivity index (χ4v) is 2.94. The van der Waals surface area contributed by atoms with Crippen LogP contribution in [0, 0.1) is 0 Å². The van der Waals surface area contributed by atoms with Gasteiger partial charge in [-0.3, -0.25) is 14.3 Å². The minimum atomic E-state index is 0.00676. The summed E-state index contributed by atoms with van der Waals surface area (Å²) in [6.07, 6.45) is 2.52. The first kappa shape index (κ1) is 14.5. The monoisotopic (exact) mass is 305 g/mol. The van der Waals surface area contributed by atoms with Gasteiger partial charge in [-0.25, -0.2) is 4.98 Å². The average molecular weight is 306 g/mol. The van der Waals surface area contributed by atoms with E-state index in [1.807, 2.05) is 24.3 Å². The largest absolute Gasteiger partial charge is 0.299 e. The summed E-state index contributed by atoms with van der Waals surface area (Å²) in [5, 5.41) is 0.660. The van der Waals surface area contributed by atoms with E-state index in [9.17, 15) is 4.79 Å². The van der Waals surface area contributed by atoms with Gasteiger partial charge >= 0.3 is 0 Å². The van der Waals surface area contributed by atoms with Gasteiger partial charge in [0.2, 0.25) is 0 Å². The minimum absolute atomic E-state index is 0.00676. The molecule has 2 aromatic rings. The van der Waals surface area contributed by atoms with Gasteiger partial charge in [0.25, 0.3) is 5.56 Å². The minimum Gasteiger partial charge on any atom is -0.299 e. The summed E-state index contributed by atoms with van der Waals surface area (Å²) in [7, 11) is 2.13. The quantitative estimate of drug-likeness (QED) is 0.797. The Balaban J connectivity index is 2.00. The number of nitrogens with zero attached hydrogens (tertiary/aromatic N) is 3. The van der Waals surface area contributed by atoms with Gasteiger partial charge in [-0.1, -0.05) is 12.1 Å². The van der Waals surface area contributed by atoms with E-state index in [2.05, 4.69) is 23.9 Å². The Kier molecular flexibility index (Phi) is 4.00. The Morgan fingerprint density at radius 1 is 1.43 bits per heavy atom. The zero-order chi connectivity index (χ0) is 15.0. The second-order valence-corrected chi connectivity index (χ2v) is 6.11. The normalized spacial score (nSPS) is 16.6. The fraction of sp³-hybridized carbons (Fsp3) is 0.500. The molecule has 1 saturated carbocycles. The van der Waals surface area contributed by atoms with Gasteiger partial charge < -0.3 is 0 Å². The number of halogens is 1. The number of hydrogen-bond donors (Lipinski definition) is 0.